The molecule has 1 aromatic carbocycles. The molecule has 0 bridgehead atoms. The highest BCUT2D eigenvalue weighted by Gasteiger charge is 2.33. The maximum absolute atomic E-state index is 12.2. The number of nitro groups is 1. The summed E-state index contributed by atoms with van der Waals surface area (Å²) in [7, 11) is 1.41. The molecule has 0 heterocycles. The molecule has 7 heteroatoms. The Labute approximate surface area is 116 Å². The van der Waals surface area contributed by atoms with E-state index in [0.29, 0.717) is 5.56 Å². The first-order valence-electron chi connectivity index (χ1n) is 5.88. The zero-order valence-corrected chi connectivity index (χ0v) is 11.5. The van der Waals surface area contributed by atoms with E-state index < -0.39 is 22.9 Å². The molecular formula is C13H16N2O5. The third-order valence-corrected chi connectivity index (χ3v) is 3.05. The smallest absolute Gasteiger partial charge is 0.323 e. The van der Waals surface area contributed by atoms with Gasteiger partial charge < -0.3 is 10.0 Å². The second kappa shape index (κ2) is 5.68. The highest BCUT2D eigenvalue weighted by molar-refractivity contribution is 5.89. The molecule has 0 fully saturated rings. The lowest BCUT2D eigenvalue weighted by atomic mass is 9.83. The van der Waals surface area contributed by atoms with Crippen molar-refractivity contribution in [3.05, 3.63) is 39.9 Å². The van der Waals surface area contributed by atoms with Gasteiger partial charge in [-0.25, -0.2) is 0 Å². The van der Waals surface area contributed by atoms with Crippen molar-refractivity contribution < 1.29 is 19.6 Å². The van der Waals surface area contributed by atoms with Gasteiger partial charge >= 0.3 is 5.97 Å². The van der Waals surface area contributed by atoms with E-state index in [9.17, 15) is 19.7 Å². The predicted molar refractivity (Wildman–Crippen MR) is 71.4 cm³/mol. The maximum atomic E-state index is 12.2. The zero-order valence-electron chi connectivity index (χ0n) is 11.5. The lowest BCUT2D eigenvalue weighted by molar-refractivity contribution is -0.384. The molecule has 0 aromatic heterocycles. The van der Waals surface area contributed by atoms with Gasteiger partial charge in [-0.3, -0.25) is 19.7 Å². The number of aliphatic carboxylic acids is 1. The lowest BCUT2D eigenvalue weighted by Gasteiger charge is -2.28. The fraction of sp³-hybridized carbons (Fsp3) is 0.385. The number of benzene rings is 1. The third kappa shape index (κ3) is 3.31. The number of amides is 1. The topological polar surface area (TPSA) is 101 Å². The molecule has 1 rings (SSSR count). The molecule has 0 aliphatic heterocycles. The standard InChI is InChI=1S/C13H16N2O5/c1-13(2,12(18)14(3)8-11(16)17)9-4-6-10(7-5-9)15(19)20/h4-7H,8H2,1-3H3,(H,16,17). The second-order valence-corrected chi connectivity index (χ2v) is 4.98. The Morgan fingerprint density at radius 3 is 2.20 bits per heavy atom. The van der Waals surface area contributed by atoms with Crippen LogP contribution in [0.15, 0.2) is 24.3 Å². The van der Waals surface area contributed by atoms with E-state index in [0.717, 1.165) is 4.90 Å². The Morgan fingerprint density at radius 1 is 1.30 bits per heavy atom. The van der Waals surface area contributed by atoms with Crippen LogP contribution < -0.4 is 0 Å². The van der Waals surface area contributed by atoms with E-state index in [1.165, 1.54) is 31.3 Å². The molecule has 1 amide bonds. The summed E-state index contributed by atoms with van der Waals surface area (Å²) in [5, 5.41) is 19.3. The van der Waals surface area contributed by atoms with Gasteiger partial charge in [0.2, 0.25) is 5.91 Å². The zero-order chi connectivity index (χ0) is 15.5. The van der Waals surface area contributed by atoms with Crippen LogP contribution in [0.4, 0.5) is 5.69 Å². The van der Waals surface area contributed by atoms with E-state index in [1.807, 2.05) is 0 Å². The fourth-order valence-corrected chi connectivity index (χ4v) is 1.88. The van der Waals surface area contributed by atoms with Crippen molar-refractivity contribution in [2.75, 3.05) is 13.6 Å². The highest BCUT2D eigenvalue weighted by atomic mass is 16.6. The molecule has 1 aromatic rings. The van der Waals surface area contributed by atoms with E-state index in [1.54, 1.807) is 13.8 Å². The number of nitrogens with zero attached hydrogens (tertiary/aromatic N) is 2. The first kappa shape index (κ1) is 15.6. The Kier molecular flexibility index (Phi) is 4.44. The summed E-state index contributed by atoms with van der Waals surface area (Å²) in [6.07, 6.45) is 0. The average Bonchev–Trinajstić information content (AvgIpc) is 2.37. The van der Waals surface area contributed by atoms with Crippen molar-refractivity contribution >= 4 is 17.6 Å². The number of carbonyl (C=O) groups is 2. The molecular weight excluding hydrogens is 264 g/mol. The van der Waals surface area contributed by atoms with E-state index >= 15 is 0 Å². The quantitative estimate of drug-likeness (QED) is 0.649. The van der Waals surface area contributed by atoms with Gasteiger partial charge in [-0.05, 0) is 19.4 Å². The summed E-state index contributed by atoms with van der Waals surface area (Å²) in [6, 6.07) is 5.65. The van der Waals surface area contributed by atoms with Crippen LogP contribution in [0.2, 0.25) is 0 Å². The van der Waals surface area contributed by atoms with Gasteiger partial charge in [0.25, 0.3) is 5.69 Å². The van der Waals surface area contributed by atoms with Crippen molar-refractivity contribution in [1.29, 1.82) is 0 Å². The van der Waals surface area contributed by atoms with Gasteiger partial charge in [0.1, 0.15) is 6.54 Å². The SMILES string of the molecule is CN(CC(=O)O)C(=O)C(C)(C)c1ccc([N+](=O)[O-])cc1. The monoisotopic (exact) mass is 280 g/mol. The van der Waals surface area contributed by atoms with Crippen LogP contribution in [0.3, 0.4) is 0 Å². The van der Waals surface area contributed by atoms with Gasteiger partial charge in [-0.1, -0.05) is 12.1 Å². The number of nitro benzene ring substituents is 1. The molecule has 0 saturated heterocycles. The van der Waals surface area contributed by atoms with Crippen molar-refractivity contribution in [3.63, 3.8) is 0 Å². The van der Waals surface area contributed by atoms with Gasteiger partial charge in [-0.2, -0.15) is 0 Å². The molecule has 0 aliphatic rings. The van der Waals surface area contributed by atoms with E-state index in [-0.39, 0.29) is 11.6 Å². The molecule has 0 unspecified atom stereocenters. The summed E-state index contributed by atoms with van der Waals surface area (Å²) in [5.41, 5.74) is -0.430. The van der Waals surface area contributed by atoms with Crippen molar-refractivity contribution in [2.45, 2.75) is 19.3 Å². The number of non-ortho nitro benzene ring substituents is 1. The minimum atomic E-state index is -1.10. The first-order valence-corrected chi connectivity index (χ1v) is 5.88. The van der Waals surface area contributed by atoms with Crippen molar-refractivity contribution in [2.24, 2.45) is 0 Å². The van der Waals surface area contributed by atoms with Crippen LogP contribution >= 0.6 is 0 Å². The number of hydrogen-bond donors (Lipinski definition) is 1. The van der Waals surface area contributed by atoms with Crippen LogP contribution in [0.5, 0.6) is 0 Å². The largest absolute Gasteiger partial charge is 0.480 e. The fourth-order valence-electron chi connectivity index (χ4n) is 1.88. The Balaban J connectivity index is 3.00. The average molecular weight is 280 g/mol. The molecule has 0 atom stereocenters. The number of carboxylic acids is 1. The summed E-state index contributed by atoms with van der Waals surface area (Å²) in [6.45, 7) is 2.90. The molecule has 7 nitrogen and oxygen atoms in total. The number of rotatable bonds is 5. The molecule has 0 saturated carbocycles. The summed E-state index contributed by atoms with van der Waals surface area (Å²) < 4.78 is 0. The molecule has 20 heavy (non-hydrogen) atoms. The number of carboxylic acid groups (broad SMARTS) is 1. The predicted octanol–water partition coefficient (Wildman–Crippen LogP) is 1.42. The third-order valence-electron chi connectivity index (χ3n) is 3.05. The number of likely N-dealkylation sites (N-methyl/N-ethyl adjacent to an activating group) is 1. The van der Waals surface area contributed by atoms with Gasteiger partial charge in [0.05, 0.1) is 10.3 Å². The lowest BCUT2D eigenvalue weighted by Crippen LogP contribution is -2.43. The van der Waals surface area contributed by atoms with Gasteiger partial charge in [0.15, 0.2) is 0 Å². The van der Waals surface area contributed by atoms with Gasteiger partial charge in [0, 0.05) is 19.2 Å². The van der Waals surface area contributed by atoms with Crippen LogP contribution in [-0.2, 0) is 15.0 Å². The summed E-state index contributed by atoms with van der Waals surface area (Å²) in [4.78, 5) is 34.1. The molecule has 0 radical (unpaired) electrons. The van der Waals surface area contributed by atoms with E-state index in [4.69, 9.17) is 5.11 Å². The number of hydrogen-bond acceptors (Lipinski definition) is 4. The molecule has 0 aliphatic carbocycles. The first-order chi connectivity index (χ1) is 9.16. The second-order valence-electron chi connectivity index (χ2n) is 4.98. The normalized spacial score (nSPS) is 10.9. The molecule has 0 spiro atoms. The summed E-state index contributed by atoms with van der Waals surface area (Å²) >= 11 is 0. The Morgan fingerprint density at radius 2 is 1.80 bits per heavy atom. The van der Waals surface area contributed by atoms with Crippen molar-refractivity contribution in [3.8, 4) is 0 Å². The van der Waals surface area contributed by atoms with Gasteiger partial charge in [-0.15, -0.1) is 0 Å². The molecule has 1 N–H and O–H groups in total. The van der Waals surface area contributed by atoms with Crippen LogP contribution in [0.25, 0.3) is 0 Å². The molecule has 108 valence electrons. The highest BCUT2D eigenvalue weighted by Crippen LogP contribution is 2.27. The van der Waals surface area contributed by atoms with Crippen LogP contribution in [0, 0.1) is 10.1 Å². The van der Waals surface area contributed by atoms with Crippen LogP contribution in [0.1, 0.15) is 19.4 Å². The van der Waals surface area contributed by atoms with Crippen LogP contribution in [-0.4, -0.2) is 40.4 Å². The Bertz CT molecular complexity index is 536. The minimum absolute atomic E-state index is 0.0594. The van der Waals surface area contributed by atoms with E-state index in [2.05, 4.69) is 0 Å². The minimum Gasteiger partial charge on any atom is -0.480 e. The number of carbonyl (C=O) groups excluding carboxylic acids is 1. The van der Waals surface area contributed by atoms with Crippen molar-refractivity contribution in [1.82, 2.24) is 4.90 Å². The summed E-state index contributed by atoms with van der Waals surface area (Å²) in [5.74, 6) is -1.46. The Hall–Kier alpha value is -2.44. The maximum Gasteiger partial charge on any atom is 0.323 e.